The third-order valence-corrected chi connectivity index (χ3v) is 5.66. The topological polar surface area (TPSA) is 116 Å². The van der Waals surface area contributed by atoms with Gasteiger partial charge < -0.3 is 23.9 Å². The van der Waals surface area contributed by atoms with Gasteiger partial charge in [-0.3, -0.25) is 19.7 Å². The van der Waals surface area contributed by atoms with Crippen LogP contribution in [0.2, 0.25) is 0 Å². The molecule has 180 valence electrons. The molecule has 3 aromatic rings. The minimum atomic E-state index is -0.410. The van der Waals surface area contributed by atoms with Gasteiger partial charge in [-0.15, -0.1) is 0 Å². The molecule has 0 radical (unpaired) electrons. The fourth-order valence-electron chi connectivity index (χ4n) is 4.05. The summed E-state index contributed by atoms with van der Waals surface area (Å²) in [5.74, 6) is -0.289. The number of furan rings is 1. The van der Waals surface area contributed by atoms with Crippen molar-refractivity contribution < 1.29 is 33.0 Å². The molecule has 34 heavy (non-hydrogen) atoms. The van der Waals surface area contributed by atoms with Crippen LogP contribution in [0.1, 0.15) is 31.2 Å². The van der Waals surface area contributed by atoms with Crippen LogP contribution < -0.4 is 15.4 Å². The number of nitrogens with one attached hydrogen (secondary N) is 2. The van der Waals surface area contributed by atoms with Crippen LogP contribution in [0.4, 0.5) is 0 Å². The van der Waals surface area contributed by atoms with Crippen molar-refractivity contribution in [2.45, 2.75) is 25.7 Å². The summed E-state index contributed by atoms with van der Waals surface area (Å²) >= 11 is 0. The molecule has 1 aliphatic heterocycles. The van der Waals surface area contributed by atoms with Crippen LogP contribution in [0.3, 0.4) is 0 Å². The Labute approximate surface area is 196 Å². The smallest absolute Gasteiger partial charge is 0.234 e. The summed E-state index contributed by atoms with van der Waals surface area (Å²) in [4.78, 5) is 34.7. The predicted octanol–water partition coefficient (Wildman–Crippen LogP) is 2.65. The third kappa shape index (κ3) is 5.73. The maximum Gasteiger partial charge on any atom is 0.234 e. The Morgan fingerprint density at radius 2 is 1.88 bits per heavy atom. The largest absolute Gasteiger partial charge is 0.491 e. The molecule has 1 atom stereocenters. The highest BCUT2D eigenvalue weighted by molar-refractivity contribution is 6.10. The fraction of sp³-hybridized carbons (Fsp3) is 0.400. The van der Waals surface area contributed by atoms with E-state index in [-0.39, 0.29) is 17.7 Å². The Balaban J connectivity index is 1.32. The minimum Gasteiger partial charge on any atom is -0.491 e. The van der Waals surface area contributed by atoms with Gasteiger partial charge in [0, 0.05) is 30.8 Å². The second kappa shape index (κ2) is 11.1. The van der Waals surface area contributed by atoms with Gasteiger partial charge in [-0.2, -0.15) is 0 Å². The molecule has 0 aliphatic carbocycles. The summed E-state index contributed by atoms with van der Waals surface area (Å²) in [5.41, 5.74) is 1.50. The number of imide groups is 1. The molecular formula is C25H28N2O7. The quantitative estimate of drug-likeness (QED) is 0.328. The SMILES string of the molecule is CC(=O)NCCOCCOCCOc1ccc2c(ccc3occ(C4CCC(=O)NC4=O)c32)c1. The average Bonchev–Trinajstić information content (AvgIpc) is 3.24. The normalized spacial score (nSPS) is 16.1. The summed E-state index contributed by atoms with van der Waals surface area (Å²) in [6, 6.07) is 9.62. The van der Waals surface area contributed by atoms with Crippen LogP contribution in [-0.2, 0) is 23.9 Å². The van der Waals surface area contributed by atoms with E-state index >= 15 is 0 Å². The highest BCUT2D eigenvalue weighted by Gasteiger charge is 2.30. The summed E-state index contributed by atoms with van der Waals surface area (Å²) in [6.07, 6.45) is 2.41. The lowest BCUT2D eigenvalue weighted by Gasteiger charge is -2.20. The molecular weight excluding hydrogens is 440 g/mol. The van der Waals surface area contributed by atoms with Gasteiger partial charge in [0.1, 0.15) is 17.9 Å². The summed E-state index contributed by atoms with van der Waals surface area (Å²) in [6.45, 7) is 4.12. The molecule has 2 heterocycles. The van der Waals surface area contributed by atoms with Crippen molar-refractivity contribution >= 4 is 39.5 Å². The monoisotopic (exact) mass is 468 g/mol. The van der Waals surface area contributed by atoms with Gasteiger partial charge in [-0.05, 0) is 41.5 Å². The Morgan fingerprint density at radius 1 is 1.09 bits per heavy atom. The van der Waals surface area contributed by atoms with Crippen LogP contribution in [-0.4, -0.2) is 57.3 Å². The Kier molecular flexibility index (Phi) is 7.76. The Bertz CT molecular complexity index is 1190. The van der Waals surface area contributed by atoms with Gasteiger partial charge in [-0.1, -0.05) is 6.07 Å². The molecule has 1 aromatic heterocycles. The number of benzene rings is 2. The van der Waals surface area contributed by atoms with Gasteiger partial charge in [0.05, 0.1) is 38.6 Å². The molecule has 0 saturated carbocycles. The van der Waals surface area contributed by atoms with Gasteiger partial charge in [0.15, 0.2) is 0 Å². The van der Waals surface area contributed by atoms with Crippen molar-refractivity contribution in [2.75, 3.05) is 39.6 Å². The van der Waals surface area contributed by atoms with Crippen molar-refractivity contribution in [1.82, 2.24) is 10.6 Å². The maximum atomic E-state index is 12.4. The van der Waals surface area contributed by atoms with Gasteiger partial charge in [-0.25, -0.2) is 0 Å². The number of carbonyl (C=O) groups is 3. The molecule has 0 bridgehead atoms. The lowest BCUT2D eigenvalue weighted by Crippen LogP contribution is -2.39. The van der Waals surface area contributed by atoms with E-state index in [0.29, 0.717) is 63.8 Å². The van der Waals surface area contributed by atoms with Crippen LogP contribution in [0.25, 0.3) is 21.7 Å². The van der Waals surface area contributed by atoms with E-state index in [4.69, 9.17) is 18.6 Å². The molecule has 4 rings (SSSR count). The summed E-state index contributed by atoms with van der Waals surface area (Å²) < 4.78 is 22.4. The molecule has 1 aliphatic rings. The van der Waals surface area contributed by atoms with Crippen molar-refractivity contribution in [3.63, 3.8) is 0 Å². The molecule has 2 aromatic carbocycles. The van der Waals surface area contributed by atoms with E-state index in [9.17, 15) is 14.4 Å². The standard InChI is InChI=1S/C25H28N2O7/c1-16(28)26-8-9-31-10-11-32-12-13-33-18-3-4-19-17(14-18)2-6-22-24(19)21(15-34-22)20-5-7-23(29)27-25(20)30/h2-4,6,14-15,20H,5,7-13H2,1H3,(H,26,28)(H,27,29,30). The number of rotatable bonds is 11. The molecule has 2 N–H and O–H groups in total. The lowest BCUT2D eigenvalue weighted by atomic mass is 9.89. The van der Waals surface area contributed by atoms with Gasteiger partial charge in [0.25, 0.3) is 0 Å². The Morgan fingerprint density at radius 3 is 2.68 bits per heavy atom. The first-order valence-corrected chi connectivity index (χ1v) is 11.3. The zero-order valence-corrected chi connectivity index (χ0v) is 19.1. The second-order valence-electron chi connectivity index (χ2n) is 8.07. The first-order valence-electron chi connectivity index (χ1n) is 11.3. The van der Waals surface area contributed by atoms with E-state index < -0.39 is 5.92 Å². The summed E-state index contributed by atoms with van der Waals surface area (Å²) in [7, 11) is 0. The predicted molar refractivity (Wildman–Crippen MR) is 125 cm³/mol. The molecule has 1 saturated heterocycles. The number of hydrogen-bond acceptors (Lipinski definition) is 7. The third-order valence-electron chi connectivity index (χ3n) is 5.66. The highest BCUT2D eigenvalue weighted by Crippen LogP contribution is 2.37. The van der Waals surface area contributed by atoms with Crippen molar-refractivity contribution in [1.29, 1.82) is 0 Å². The van der Waals surface area contributed by atoms with Crippen molar-refractivity contribution in [2.24, 2.45) is 0 Å². The van der Waals surface area contributed by atoms with E-state index in [2.05, 4.69) is 10.6 Å². The highest BCUT2D eigenvalue weighted by atomic mass is 16.5. The number of fused-ring (bicyclic) bond motifs is 3. The van der Waals surface area contributed by atoms with Crippen LogP contribution in [0.15, 0.2) is 41.0 Å². The van der Waals surface area contributed by atoms with Gasteiger partial charge >= 0.3 is 0 Å². The Hall–Kier alpha value is -3.43. The number of hydrogen-bond donors (Lipinski definition) is 2. The molecule has 9 nitrogen and oxygen atoms in total. The van der Waals surface area contributed by atoms with Crippen molar-refractivity contribution in [3.8, 4) is 5.75 Å². The van der Waals surface area contributed by atoms with E-state index in [1.165, 1.54) is 6.92 Å². The molecule has 1 fully saturated rings. The molecule has 0 spiro atoms. The average molecular weight is 469 g/mol. The lowest BCUT2D eigenvalue weighted by molar-refractivity contribution is -0.134. The van der Waals surface area contributed by atoms with Crippen LogP contribution >= 0.6 is 0 Å². The number of piperidine rings is 1. The first-order chi connectivity index (χ1) is 16.5. The number of ether oxygens (including phenoxy) is 3. The maximum absolute atomic E-state index is 12.4. The molecule has 3 amide bonds. The number of carbonyl (C=O) groups excluding carboxylic acids is 3. The fourth-order valence-corrected chi connectivity index (χ4v) is 4.05. The van der Waals surface area contributed by atoms with E-state index in [1.54, 1.807) is 6.26 Å². The first kappa shape index (κ1) is 23.7. The van der Waals surface area contributed by atoms with E-state index in [1.807, 2.05) is 30.3 Å². The van der Waals surface area contributed by atoms with Crippen LogP contribution in [0.5, 0.6) is 5.75 Å². The van der Waals surface area contributed by atoms with Gasteiger partial charge in [0.2, 0.25) is 17.7 Å². The van der Waals surface area contributed by atoms with Crippen LogP contribution in [0, 0.1) is 0 Å². The summed E-state index contributed by atoms with van der Waals surface area (Å²) in [5, 5.41) is 7.90. The second-order valence-corrected chi connectivity index (χ2v) is 8.07. The molecule has 9 heteroatoms. The molecule has 1 unspecified atom stereocenters. The van der Waals surface area contributed by atoms with Crippen molar-refractivity contribution in [3.05, 3.63) is 42.2 Å². The zero-order valence-electron chi connectivity index (χ0n) is 19.1. The van der Waals surface area contributed by atoms with E-state index in [0.717, 1.165) is 21.7 Å². The minimum absolute atomic E-state index is 0.0744. The zero-order chi connectivity index (χ0) is 23.9. The number of amides is 3.